The molecule has 2 aliphatic rings. The second-order valence-corrected chi connectivity index (χ2v) is 8.04. The molecule has 1 amide bonds. The van der Waals surface area contributed by atoms with E-state index in [0.717, 1.165) is 34.0 Å². The Labute approximate surface area is 176 Å². The van der Waals surface area contributed by atoms with E-state index in [1.165, 1.54) is 18.4 Å². The number of amides is 1. The quantitative estimate of drug-likeness (QED) is 0.605. The highest BCUT2D eigenvalue weighted by Crippen LogP contribution is 2.38. The van der Waals surface area contributed by atoms with Gasteiger partial charge < -0.3 is 23.9 Å². The van der Waals surface area contributed by atoms with Crippen LogP contribution >= 0.6 is 15.9 Å². The van der Waals surface area contributed by atoms with Crippen LogP contribution in [0.4, 0.5) is 5.69 Å². The maximum absolute atomic E-state index is 12.4. The molecule has 0 spiro atoms. The molecule has 150 valence electrons. The van der Waals surface area contributed by atoms with Gasteiger partial charge in [0.05, 0.1) is 5.69 Å². The van der Waals surface area contributed by atoms with Gasteiger partial charge in [0, 0.05) is 34.0 Å². The fraction of sp³-hybridized carbons (Fsp3) is 0.318. The molecule has 0 bridgehead atoms. The fourth-order valence-corrected chi connectivity index (χ4v) is 4.25. The summed E-state index contributed by atoms with van der Waals surface area (Å²) in [4.78, 5) is 12.4. The number of benzene rings is 2. The van der Waals surface area contributed by atoms with E-state index in [-0.39, 0.29) is 12.5 Å². The van der Waals surface area contributed by atoms with Crippen LogP contribution in [-0.4, -0.2) is 25.7 Å². The van der Waals surface area contributed by atoms with Gasteiger partial charge in [-0.25, -0.2) is 0 Å². The Morgan fingerprint density at radius 2 is 1.86 bits per heavy atom. The number of furan rings is 1. The Balaban J connectivity index is 1.27. The normalized spacial score (nSPS) is 15.1. The molecule has 2 aromatic carbocycles. The number of carbonyl (C=O) groups excluding carboxylic acids is 1. The van der Waals surface area contributed by atoms with Crippen molar-refractivity contribution in [3.63, 3.8) is 0 Å². The van der Waals surface area contributed by atoms with Crippen molar-refractivity contribution in [2.75, 3.05) is 25.1 Å². The van der Waals surface area contributed by atoms with Crippen LogP contribution < -0.4 is 19.5 Å². The molecule has 1 aromatic heterocycles. The zero-order valence-electron chi connectivity index (χ0n) is 15.8. The molecule has 1 aliphatic carbocycles. The van der Waals surface area contributed by atoms with Crippen molar-refractivity contribution in [2.24, 2.45) is 0 Å². The Morgan fingerprint density at radius 1 is 1.07 bits per heavy atom. The number of rotatable bonds is 4. The van der Waals surface area contributed by atoms with Crippen molar-refractivity contribution in [1.29, 1.82) is 0 Å². The van der Waals surface area contributed by atoms with Gasteiger partial charge >= 0.3 is 0 Å². The van der Waals surface area contributed by atoms with Gasteiger partial charge in [0.2, 0.25) is 0 Å². The minimum absolute atomic E-state index is 0.0908. The van der Waals surface area contributed by atoms with Crippen molar-refractivity contribution in [3.05, 3.63) is 46.1 Å². The van der Waals surface area contributed by atoms with Crippen molar-refractivity contribution in [3.8, 4) is 17.2 Å². The summed E-state index contributed by atoms with van der Waals surface area (Å²) in [6.07, 6.45) is 4.38. The first-order valence-electron chi connectivity index (χ1n) is 9.73. The standard InChI is InChI=1S/C22H20BrNO5/c23-16-10-20-21(27-8-7-26-20)11-17(16)24-22(25)12-28-13-5-6-19-15(9-13)14-3-1-2-4-18(14)29-19/h5-6,9-11H,1-4,7-8,12H2,(H,24,25). The zero-order chi connectivity index (χ0) is 19.8. The molecule has 1 aliphatic heterocycles. The Morgan fingerprint density at radius 3 is 2.72 bits per heavy atom. The highest BCUT2D eigenvalue weighted by atomic mass is 79.9. The van der Waals surface area contributed by atoms with E-state index >= 15 is 0 Å². The van der Waals surface area contributed by atoms with Crippen LogP contribution in [0.25, 0.3) is 11.0 Å². The molecule has 0 saturated heterocycles. The second kappa shape index (κ2) is 7.63. The highest BCUT2D eigenvalue weighted by Gasteiger charge is 2.19. The lowest BCUT2D eigenvalue weighted by Crippen LogP contribution is -2.21. The van der Waals surface area contributed by atoms with Gasteiger partial charge in [0.1, 0.15) is 30.3 Å². The number of hydrogen-bond donors (Lipinski definition) is 1. The first-order valence-corrected chi connectivity index (χ1v) is 10.5. The third-order valence-electron chi connectivity index (χ3n) is 5.20. The van der Waals surface area contributed by atoms with Crippen molar-refractivity contribution in [2.45, 2.75) is 25.7 Å². The molecule has 5 rings (SSSR count). The van der Waals surface area contributed by atoms with Crippen LogP contribution in [0.1, 0.15) is 24.2 Å². The van der Waals surface area contributed by atoms with E-state index in [0.29, 0.717) is 36.1 Å². The number of halogens is 1. The average Bonchev–Trinajstić information content (AvgIpc) is 3.11. The third-order valence-corrected chi connectivity index (χ3v) is 5.86. The van der Waals surface area contributed by atoms with Crippen LogP contribution in [0.3, 0.4) is 0 Å². The minimum atomic E-state index is -0.253. The maximum Gasteiger partial charge on any atom is 0.262 e. The van der Waals surface area contributed by atoms with Crippen LogP contribution in [-0.2, 0) is 17.6 Å². The lowest BCUT2D eigenvalue weighted by Gasteiger charge is -2.20. The first kappa shape index (κ1) is 18.4. The fourth-order valence-electron chi connectivity index (χ4n) is 3.83. The van der Waals surface area contributed by atoms with Gasteiger partial charge in [-0.15, -0.1) is 0 Å². The van der Waals surface area contributed by atoms with E-state index in [2.05, 4.69) is 21.2 Å². The molecular formula is C22H20BrNO5. The van der Waals surface area contributed by atoms with Gasteiger partial charge in [0.25, 0.3) is 5.91 Å². The molecule has 2 heterocycles. The predicted octanol–water partition coefficient (Wildman–Crippen LogP) is 4.86. The van der Waals surface area contributed by atoms with E-state index in [9.17, 15) is 4.79 Å². The summed E-state index contributed by atoms with van der Waals surface area (Å²) in [5.74, 6) is 2.77. The lowest BCUT2D eigenvalue weighted by atomic mass is 9.96. The molecule has 1 N–H and O–H groups in total. The van der Waals surface area contributed by atoms with Gasteiger partial charge in [-0.05, 0) is 53.4 Å². The summed E-state index contributed by atoms with van der Waals surface area (Å²) < 4.78 is 23.5. The molecule has 7 heteroatoms. The largest absolute Gasteiger partial charge is 0.486 e. The number of aryl methyl sites for hydroxylation is 2. The second-order valence-electron chi connectivity index (χ2n) is 7.18. The number of hydrogen-bond acceptors (Lipinski definition) is 5. The van der Waals surface area contributed by atoms with Crippen LogP contribution in [0.5, 0.6) is 17.2 Å². The van der Waals surface area contributed by atoms with Gasteiger partial charge in [-0.3, -0.25) is 4.79 Å². The van der Waals surface area contributed by atoms with Crippen LogP contribution in [0, 0.1) is 0 Å². The number of ether oxygens (including phenoxy) is 3. The number of carbonyl (C=O) groups is 1. The topological polar surface area (TPSA) is 69.9 Å². The third kappa shape index (κ3) is 3.67. The number of anilines is 1. The Kier molecular flexibility index (Phi) is 4.83. The predicted molar refractivity (Wildman–Crippen MR) is 112 cm³/mol. The first-order chi connectivity index (χ1) is 14.2. The summed E-state index contributed by atoms with van der Waals surface area (Å²) in [5.41, 5.74) is 2.78. The van der Waals surface area contributed by atoms with Crippen molar-refractivity contribution in [1.82, 2.24) is 0 Å². The van der Waals surface area contributed by atoms with Crippen molar-refractivity contribution < 1.29 is 23.4 Å². The molecule has 29 heavy (non-hydrogen) atoms. The molecule has 0 radical (unpaired) electrons. The lowest BCUT2D eigenvalue weighted by molar-refractivity contribution is -0.118. The summed E-state index contributed by atoms with van der Waals surface area (Å²) in [5, 5.41) is 3.94. The summed E-state index contributed by atoms with van der Waals surface area (Å²) in [6.45, 7) is 0.918. The van der Waals surface area contributed by atoms with E-state index in [4.69, 9.17) is 18.6 Å². The molecule has 0 saturated carbocycles. The van der Waals surface area contributed by atoms with E-state index in [1.54, 1.807) is 12.1 Å². The molecule has 6 nitrogen and oxygen atoms in total. The average molecular weight is 458 g/mol. The van der Waals surface area contributed by atoms with Gasteiger partial charge in [0.15, 0.2) is 18.1 Å². The van der Waals surface area contributed by atoms with Gasteiger partial charge in [-0.1, -0.05) is 0 Å². The van der Waals surface area contributed by atoms with E-state index < -0.39 is 0 Å². The van der Waals surface area contributed by atoms with Gasteiger partial charge in [-0.2, -0.15) is 0 Å². The Hall–Kier alpha value is -2.67. The zero-order valence-corrected chi connectivity index (χ0v) is 17.3. The summed E-state index contributed by atoms with van der Waals surface area (Å²) in [7, 11) is 0. The summed E-state index contributed by atoms with van der Waals surface area (Å²) >= 11 is 3.46. The van der Waals surface area contributed by atoms with Crippen molar-refractivity contribution >= 4 is 38.5 Å². The highest BCUT2D eigenvalue weighted by molar-refractivity contribution is 9.10. The minimum Gasteiger partial charge on any atom is -0.486 e. The Bertz CT molecular complexity index is 1090. The molecule has 3 aromatic rings. The van der Waals surface area contributed by atoms with E-state index in [1.807, 2.05) is 18.2 Å². The summed E-state index contributed by atoms with van der Waals surface area (Å²) in [6, 6.07) is 9.26. The van der Waals surface area contributed by atoms with Crippen LogP contribution in [0.15, 0.2) is 39.2 Å². The molecule has 0 unspecified atom stereocenters. The maximum atomic E-state index is 12.4. The number of nitrogens with one attached hydrogen (secondary N) is 1. The number of fused-ring (bicyclic) bond motifs is 4. The van der Waals surface area contributed by atoms with Crippen LogP contribution in [0.2, 0.25) is 0 Å². The molecular weight excluding hydrogens is 438 g/mol. The SMILES string of the molecule is O=C(COc1ccc2oc3c(c2c1)CCCC3)Nc1cc2c(cc1Br)OCCO2. The molecule has 0 atom stereocenters. The smallest absolute Gasteiger partial charge is 0.262 e. The molecule has 0 fully saturated rings. The monoisotopic (exact) mass is 457 g/mol.